The molecule has 2 aliphatic heterocycles. The quantitative estimate of drug-likeness (QED) is 0.775. The van der Waals surface area contributed by atoms with Gasteiger partial charge in [-0.1, -0.05) is 17.7 Å². The smallest absolute Gasteiger partial charge is 0.134 e. The molecule has 2 aliphatic rings. The lowest BCUT2D eigenvalue weighted by Crippen LogP contribution is -2.49. The number of halogens is 1. The summed E-state index contributed by atoms with van der Waals surface area (Å²) in [6.07, 6.45) is 1.56. The van der Waals surface area contributed by atoms with Gasteiger partial charge in [0.1, 0.15) is 5.75 Å². The second kappa shape index (κ2) is 7.81. The van der Waals surface area contributed by atoms with Crippen molar-refractivity contribution in [2.24, 2.45) is 0 Å². The maximum Gasteiger partial charge on any atom is 0.134 e. The number of nitrogens with zero attached hydrogens (tertiary/aromatic N) is 2. The predicted molar refractivity (Wildman–Crippen MR) is 92.0 cm³/mol. The highest BCUT2D eigenvalue weighted by molar-refractivity contribution is 6.32. The predicted octanol–water partition coefficient (Wildman–Crippen LogP) is 1.45. The Hall–Kier alpha value is -0.850. The average molecular weight is 340 g/mol. The molecule has 0 aromatic heterocycles. The van der Waals surface area contributed by atoms with Crippen LogP contribution < -0.4 is 5.32 Å². The van der Waals surface area contributed by atoms with Gasteiger partial charge in [-0.3, -0.25) is 4.90 Å². The van der Waals surface area contributed by atoms with E-state index in [1.807, 2.05) is 12.1 Å². The van der Waals surface area contributed by atoms with Crippen LogP contribution in [0.5, 0.6) is 5.75 Å². The lowest BCUT2D eigenvalue weighted by Gasteiger charge is -2.39. The van der Waals surface area contributed by atoms with E-state index in [1.165, 1.54) is 0 Å². The van der Waals surface area contributed by atoms with E-state index >= 15 is 0 Å². The number of phenolic OH excluding ortho intramolecular Hbond substituents is 1. The van der Waals surface area contributed by atoms with Gasteiger partial charge in [-0.25, -0.2) is 0 Å². The molecular formula is C17H26ClN3O2. The highest BCUT2D eigenvalue weighted by Gasteiger charge is 2.27. The van der Waals surface area contributed by atoms with E-state index in [0.29, 0.717) is 5.02 Å². The fourth-order valence-electron chi connectivity index (χ4n) is 3.50. The first kappa shape index (κ1) is 17.0. The molecule has 6 heteroatoms. The van der Waals surface area contributed by atoms with Gasteiger partial charge < -0.3 is 20.4 Å². The molecule has 5 nitrogen and oxygen atoms in total. The highest BCUT2D eigenvalue weighted by Crippen LogP contribution is 2.30. The number of rotatable bonds is 4. The molecule has 0 spiro atoms. The van der Waals surface area contributed by atoms with Gasteiger partial charge in [-0.05, 0) is 30.5 Å². The second-order valence-corrected chi connectivity index (χ2v) is 6.95. The van der Waals surface area contributed by atoms with E-state index in [-0.39, 0.29) is 17.9 Å². The van der Waals surface area contributed by atoms with Crippen molar-refractivity contribution < 1.29 is 10.2 Å². The molecule has 1 atom stereocenters. The number of hydrogen-bond donors (Lipinski definition) is 3. The standard InChI is InChI=1S/C17H26ClN3O2/c18-15-11-13(1-2-17(15)23)16(21-9-5-19-6-10-21)12-20-7-3-14(22)4-8-20/h1-2,11,14,16,19,22-23H,3-10,12H2. The number of aromatic hydroxyl groups is 1. The molecule has 23 heavy (non-hydrogen) atoms. The summed E-state index contributed by atoms with van der Waals surface area (Å²) in [6.45, 7) is 6.85. The molecule has 0 amide bonds. The van der Waals surface area contributed by atoms with Crippen molar-refractivity contribution in [3.05, 3.63) is 28.8 Å². The number of piperidine rings is 1. The van der Waals surface area contributed by atoms with Crippen molar-refractivity contribution in [2.45, 2.75) is 25.0 Å². The Morgan fingerprint density at radius 2 is 1.87 bits per heavy atom. The minimum atomic E-state index is -0.146. The summed E-state index contributed by atoms with van der Waals surface area (Å²) in [7, 11) is 0. The molecule has 128 valence electrons. The molecule has 2 heterocycles. The van der Waals surface area contributed by atoms with E-state index < -0.39 is 0 Å². The molecule has 2 saturated heterocycles. The first-order valence-electron chi connectivity index (χ1n) is 8.47. The summed E-state index contributed by atoms with van der Waals surface area (Å²) in [5.41, 5.74) is 1.15. The third kappa shape index (κ3) is 4.37. The molecule has 1 unspecified atom stereocenters. The van der Waals surface area contributed by atoms with Crippen LogP contribution in [0.1, 0.15) is 24.4 Å². The van der Waals surface area contributed by atoms with Crippen molar-refractivity contribution in [3.8, 4) is 5.75 Å². The summed E-state index contributed by atoms with van der Waals surface area (Å²) in [5.74, 6) is 0.135. The Kier molecular flexibility index (Phi) is 5.77. The van der Waals surface area contributed by atoms with Crippen LogP contribution in [0.15, 0.2) is 18.2 Å². The maximum absolute atomic E-state index is 9.70. The van der Waals surface area contributed by atoms with E-state index in [9.17, 15) is 10.2 Å². The number of aliphatic hydroxyl groups is 1. The van der Waals surface area contributed by atoms with Crippen LogP contribution in [0.3, 0.4) is 0 Å². The van der Waals surface area contributed by atoms with Gasteiger partial charge in [-0.2, -0.15) is 0 Å². The van der Waals surface area contributed by atoms with Crippen molar-refractivity contribution >= 4 is 11.6 Å². The SMILES string of the molecule is Oc1ccc(C(CN2CCC(O)CC2)N2CCNCC2)cc1Cl. The summed E-state index contributed by atoms with van der Waals surface area (Å²) < 4.78 is 0. The van der Waals surface area contributed by atoms with E-state index in [1.54, 1.807) is 6.07 Å². The number of likely N-dealkylation sites (tertiary alicyclic amines) is 1. The van der Waals surface area contributed by atoms with Crippen LogP contribution >= 0.6 is 11.6 Å². The van der Waals surface area contributed by atoms with E-state index in [4.69, 9.17) is 11.6 Å². The van der Waals surface area contributed by atoms with Gasteiger partial charge in [0, 0.05) is 51.9 Å². The number of benzene rings is 1. The number of piperazine rings is 1. The number of phenols is 1. The van der Waals surface area contributed by atoms with Gasteiger partial charge in [0.25, 0.3) is 0 Å². The third-order valence-corrected chi connectivity index (χ3v) is 5.24. The largest absolute Gasteiger partial charge is 0.506 e. The summed E-state index contributed by atoms with van der Waals surface area (Å²) in [5, 5.41) is 23.2. The number of nitrogens with one attached hydrogen (secondary N) is 1. The Labute approximate surface area is 142 Å². The molecule has 2 fully saturated rings. The average Bonchev–Trinajstić information content (AvgIpc) is 2.58. The van der Waals surface area contributed by atoms with Crippen molar-refractivity contribution in [3.63, 3.8) is 0 Å². The second-order valence-electron chi connectivity index (χ2n) is 6.54. The monoisotopic (exact) mass is 339 g/mol. The first-order valence-corrected chi connectivity index (χ1v) is 8.85. The fourth-order valence-corrected chi connectivity index (χ4v) is 3.69. The van der Waals surface area contributed by atoms with Crippen LogP contribution in [0, 0.1) is 0 Å². The normalized spacial score (nSPS) is 23.0. The molecule has 0 saturated carbocycles. The number of hydrogen-bond acceptors (Lipinski definition) is 5. The maximum atomic E-state index is 9.70. The van der Waals surface area contributed by atoms with Gasteiger partial charge in [0.15, 0.2) is 0 Å². The first-order chi connectivity index (χ1) is 11.1. The summed E-state index contributed by atoms with van der Waals surface area (Å²) in [6, 6.07) is 5.83. The molecule has 3 N–H and O–H groups in total. The Morgan fingerprint density at radius 1 is 1.17 bits per heavy atom. The lowest BCUT2D eigenvalue weighted by atomic mass is 10.0. The van der Waals surface area contributed by atoms with Crippen LogP contribution in [-0.4, -0.2) is 71.9 Å². The molecule has 0 radical (unpaired) electrons. The van der Waals surface area contributed by atoms with Gasteiger partial charge in [0.2, 0.25) is 0 Å². The molecule has 3 rings (SSSR count). The lowest BCUT2D eigenvalue weighted by molar-refractivity contribution is 0.0589. The molecular weight excluding hydrogens is 314 g/mol. The summed E-state index contributed by atoms with van der Waals surface area (Å²) in [4.78, 5) is 4.92. The van der Waals surface area contributed by atoms with E-state index in [2.05, 4.69) is 15.1 Å². The Bertz CT molecular complexity index is 515. The Morgan fingerprint density at radius 3 is 2.52 bits per heavy atom. The zero-order valence-corrected chi connectivity index (χ0v) is 14.2. The van der Waals surface area contributed by atoms with Crippen molar-refractivity contribution in [2.75, 3.05) is 45.8 Å². The van der Waals surface area contributed by atoms with Crippen LogP contribution in [0.4, 0.5) is 0 Å². The van der Waals surface area contributed by atoms with E-state index in [0.717, 1.165) is 64.2 Å². The van der Waals surface area contributed by atoms with Crippen molar-refractivity contribution in [1.29, 1.82) is 0 Å². The van der Waals surface area contributed by atoms with Gasteiger partial charge in [0.05, 0.1) is 11.1 Å². The third-order valence-electron chi connectivity index (χ3n) is 4.94. The highest BCUT2D eigenvalue weighted by atomic mass is 35.5. The van der Waals surface area contributed by atoms with Gasteiger partial charge >= 0.3 is 0 Å². The van der Waals surface area contributed by atoms with Crippen LogP contribution in [0.2, 0.25) is 5.02 Å². The molecule has 0 bridgehead atoms. The van der Waals surface area contributed by atoms with Crippen molar-refractivity contribution in [1.82, 2.24) is 15.1 Å². The fraction of sp³-hybridized carbons (Fsp3) is 0.647. The zero-order valence-electron chi connectivity index (χ0n) is 13.4. The molecule has 1 aromatic carbocycles. The zero-order chi connectivity index (χ0) is 16.2. The summed E-state index contributed by atoms with van der Waals surface area (Å²) >= 11 is 6.13. The van der Waals surface area contributed by atoms with Crippen LogP contribution in [-0.2, 0) is 0 Å². The molecule has 1 aromatic rings. The number of aliphatic hydroxyl groups excluding tert-OH is 1. The topological polar surface area (TPSA) is 59.0 Å². The van der Waals surface area contributed by atoms with Gasteiger partial charge in [-0.15, -0.1) is 0 Å². The Balaban J connectivity index is 1.76. The minimum Gasteiger partial charge on any atom is -0.506 e. The van der Waals surface area contributed by atoms with Crippen LogP contribution in [0.25, 0.3) is 0 Å². The minimum absolute atomic E-state index is 0.135. The molecule has 0 aliphatic carbocycles.